The molecule has 0 bridgehead atoms. The van der Waals surface area contributed by atoms with Gasteiger partial charge in [0.15, 0.2) is 5.01 Å². The van der Waals surface area contributed by atoms with Gasteiger partial charge in [-0.1, -0.05) is 71.1 Å². The van der Waals surface area contributed by atoms with Gasteiger partial charge in [0, 0.05) is 30.8 Å². The van der Waals surface area contributed by atoms with Crippen LogP contribution in [0.5, 0.6) is 0 Å². The molecule has 61 heavy (non-hydrogen) atoms. The van der Waals surface area contributed by atoms with E-state index in [4.69, 9.17) is 15.1 Å². The first kappa shape index (κ1) is 47.2. The molecule has 2 atom stereocenters. The number of carboxylic acid groups (broad SMARTS) is 1. The topological polar surface area (TPSA) is 150 Å². The predicted molar refractivity (Wildman–Crippen MR) is 244 cm³/mol. The molecule has 1 aliphatic rings. The van der Waals surface area contributed by atoms with Crippen LogP contribution in [0.3, 0.4) is 0 Å². The van der Waals surface area contributed by atoms with Crippen LogP contribution in [0, 0.1) is 17.0 Å². The average Bonchev–Trinajstić information content (AvgIpc) is 3.81. The molecule has 5 heterocycles. The highest BCUT2D eigenvalue weighted by atomic mass is 32.1. The Kier molecular flexibility index (Phi) is 14.4. The van der Waals surface area contributed by atoms with Gasteiger partial charge in [0.25, 0.3) is 11.8 Å². The van der Waals surface area contributed by atoms with Gasteiger partial charge in [0.05, 0.1) is 16.9 Å². The number of aromatic nitrogens is 4. The summed E-state index contributed by atoms with van der Waals surface area (Å²) in [6.07, 6.45) is -0.685. The van der Waals surface area contributed by atoms with Crippen molar-refractivity contribution in [1.82, 2.24) is 29.7 Å². The summed E-state index contributed by atoms with van der Waals surface area (Å²) in [5.74, 6) is -1.83. The largest absolute Gasteiger partial charge is 0.476 e. The Labute approximate surface area is 365 Å². The van der Waals surface area contributed by atoms with Gasteiger partial charge in [0.2, 0.25) is 5.01 Å². The molecule has 2 amide bonds. The van der Waals surface area contributed by atoms with Gasteiger partial charge in [-0.2, -0.15) is 9.90 Å². The van der Waals surface area contributed by atoms with Crippen molar-refractivity contribution in [2.45, 2.75) is 92.2 Å². The van der Waals surface area contributed by atoms with Crippen LogP contribution in [-0.2, 0) is 4.79 Å². The van der Waals surface area contributed by atoms with Crippen LogP contribution in [0.15, 0.2) is 60.7 Å². The summed E-state index contributed by atoms with van der Waals surface area (Å²) in [6.45, 7) is 19.0. The highest BCUT2D eigenvalue weighted by molar-refractivity contribution is 7.20. The number of amides is 2. The first-order chi connectivity index (χ1) is 28.1. The summed E-state index contributed by atoms with van der Waals surface area (Å²) in [5.41, 5.74) is 5.43. The number of hydrogen-bond acceptors (Lipinski definition) is 10. The number of carbonyl (C=O) groups excluding carboxylic acids is 2. The zero-order valence-corrected chi connectivity index (χ0v) is 39.0. The molecule has 11 nitrogen and oxygen atoms in total. The van der Waals surface area contributed by atoms with Gasteiger partial charge in [-0.3, -0.25) is 9.59 Å². The van der Waals surface area contributed by atoms with Crippen LogP contribution in [0.25, 0.3) is 43.2 Å². The number of aliphatic hydroxyl groups is 1. The standard InChI is InChI=1S/C29H37FN4O3S.C16H13FN2O2S.H3P/c1-17(2)20-14-21(18-8-10-19(30)11-9-18)31-24-23(20)32-25(38-24)27(37)34-13-12-33(16-29(34,6)7)26(36)22(35)15-28(3,4)5;1-8(2)11-7-12(9-3-5-10(17)6-4-9)18-14-13(11)19-15(22-14)16(20)21;/h8-11,14,17,22,35H,12-13,15-16H2,1-7H3;3-8H,1-2H3,(H,20,21);1H3/t22-;;/m1../s1. The minimum Gasteiger partial charge on any atom is -0.476 e. The smallest absolute Gasteiger partial charge is 0.365 e. The maximum Gasteiger partial charge on any atom is 0.365 e. The summed E-state index contributed by atoms with van der Waals surface area (Å²) in [6, 6.07) is 16.2. The molecule has 1 saturated heterocycles. The molecular weight excluding hydrogens is 838 g/mol. The monoisotopic (exact) mass is 890 g/mol. The van der Waals surface area contributed by atoms with Crippen molar-refractivity contribution in [1.29, 1.82) is 0 Å². The van der Waals surface area contributed by atoms with E-state index in [-0.39, 0.29) is 55.6 Å². The molecule has 4 aromatic heterocycles. The van der Waals surface area contributed by atoms with Crippen molar-refractivity contribution < 1.29 is 33.4 Å². The maximum absolute atomic E-state index is 13.7. The number of fused-ring (bicyclic) bond motifs is 2. The van der Waals surface area contributed by atoms with Crippen LogP contribution in [0.1, 0.15) is 111 Å². The van der Waals surface area contributed by atoms with Crippen molar-refractivity contribution in [3.8, 4) is 22.5 Å². The summed E-state index contributed by atoms with van der Waals surface area (Å²) in [5, 5.41) is 20.0. The lowest BCUT2D eigenvalue weighted by Gasteiger charge is -2.47. The van der Waals surface area contributed by atoms with Crippen LogP contribution in [0.4, 0.5) is 8.78 Å². The molecule has 7 rings (SSSR count). The first-order valence-corrected chi connectivity index (χ1v) is 21.4. The fraction of sp³-hybridized carbons (Fsp3) is 0.400. The normalized spacial score (nSPS) is 14.5. The number of halogens is 2. The molecule has 0 spiro atoms. The number of carbonyl (C=O) groups is 3. The van der Waals surface area contributed by atoms with E-state index in [1.54, 1.807) is 34.1 Å². The lowest BCUT2D eigenvalue weighted by molar-refractivity contribution is -0.145. The molecule has 0 radical (unpaired) electrons. The highest BCUT2D eigenvalue weighted by Gasteiger charge is 2.41. The third-order valence-corrected chi connectivity index (χ3v) is 12.1. The van der Waals surface area contributed by atoms with E-state index in [1.807, 2.05) is 60.6 Å². The minimum atomic E-state index is -1.06. The van der Waals surface area contributed by atoms with Gasteiger partial charge in [-0.15, -0.1) is 0 Å². The lowest BCUT2D eigenvalue weighted by Crippen LogP contribution is -2.63. The summed E-state index contributed by atoms with van der Waals surface area (Å²) < 4.78 is 26.5. The summed E-state index contributed by atoms with van der Waals surface area (Å²) >= 11 is 2.31. The van der Waals surface area contributed by atoms with Gasteiger partial charge < -0.3 is 20.0 Å². The Morgan fingerprint density at radius 1 is 0.754 bits per heavy atom. The van der Waals surface area contributed by atoms with E-state index in [0.717, 1.165) is 33.6 Å². The average molecular weight is 891 g/mol. The summed E-state index contributed by atoms with van der Waals surface area (Å²) in [4.78, 5) is 60.6. The maximum atomic E-state index is 13.7. The number of hydrogen-bond donors (Lipinski definition) is 2. The Balaban J connectivity index is 0.000000260. The number of carboxylic acids is 1. The Bertz CT molecular complexity index is 2550. The minimum absolute atomic E-state index is 0. The number of aromatic carboxylic acids is 1. The number of nitrogens with zero attached hydrogens (tertiary/aromatic N) is 6. The molecular formula is C45H53F2N6O5PS2. The number of benzene rings is 2. The zero-order valence-electron chi connectivity index (χ0n) is 35.9. The second kappa shape index (κ2) is 18.7. The quantitative estimate of drug-likeness (QED) is 0.142. The molecule has 1 aliphatic heterocycles. The van der Waals surface area contributed by atoms with Crippen molar-refractivity contribution in [2.24, 2.45) is 5.41 Å². The van der Waals surface area contributed by atoms with E-state index in [2.05, 4.69) is 23.8 Å². The van der Waals surface area contributed by atoms with Crippen LogP contribution < -0.4 is 0 Å². The molecule has 2 aromatic carbocycles. The van der Waals surface area contributed by atoms with Gasteiger partial charge in [-0.05, 0) is 109 Å². The Morgan fingerprint density at radius 2 is 1.20 bits per heavy atom. The number of rotatable bonds is 8. The molecule has 0 aliphatic carbocycles. The van der Waals surface area contributed by atoms with Crippen LogP contribution in [0.2, 0.25) is 0 Å². The van der Waals surface area contributed by atoms with Gasteiger partial charge in [0.1, 0.15) is 38.4 Å². The van der Waals surface area contributed by atoms with Gasteiger partial charge >= 0.3 is 5.97 Å². The van der Waals surface area contributed by atoms with Crippen molar-refractivity contribution >= 4 is 71.1 Å². The molecule has 2 N–H and O–H groups in total. The number of aliphatic hydroxyl groups excluding tert-OH is 1. The van der Waals surface area contributed by atoms with Crippen molar-refractivity contribution in [2.75, 3.05) is 19.6 Å². The lowest BCUT2D eigenvalue weighted by atomic mass is 9.88. The zero-order chi connectivity index (χ0) is 43.8. The SMILES string of the molecule is CC(C)c1cc(-c2ccc(F)cc2)nc2sc(C(=O)N3CCN(C(=O)[C@H](O)CC(C)(C)C)CC3(C)C)nc12.CC(C)c1cc(-c2ccc(F)cc2)nc2sc(C(=O)O)nc12.P. The fourth-order valence-electron chi connectivity index (χ4n) is 7.18. The van der Waals surface area contributed by atoms with E-state index >= 15 is 0 Å². The highest BCUT2D eigenvalue weighted by Crippen LogP contribution is 2.35. The van der Waals surface area contributed by atoms with Crippen molar-refractivity contribution in [3.05, 3.63) is 93.4 Å². The molecule has 324 valence electrons. The second-order valence-corrected chi connectivity index (χ2v) is 19.4. The Morgan fingerprint density at radius 3 is 1.61 bits per heavy atom. The van der Waals surface area contributed by atoms with Crippen LogP contribution in [-0.4, -0.2) is 89.0 Å². The van der Waals surface area contributed by atoms with E-state index in [1.165, 1.54) is 35.6 Å². The predicted octanol–water partition coefficient (Wildman–Crippen LogP) is 9.86. The first-order valence-electron chi connectivity index (χ1n) is 19.8. The molecule has 1 unspecified atom stereocenters. The fourth-order valence-corrected chi connectivity index (χ4v) is 8.91. The van der Waals surface area contributed by atoms with Crippen LogP contribution >= 0.6 is 32.6 Å². The van der Waals surface area contributed by atoms with Crippen molar-refractivity contribution in [3.63, 3.8) is 0 Å². The third-order valence-electron chi connectivity index (χ3n) is 10.2. The Hall–Kier alpha value is -4.82. The molecule has 6 aromatic rings. The summed E-state index contributed by atoms with van der Waals surface area (Å²) in [7, 11) is 0. The number of pyridine rings is 2. The molecule has 16 heteroatoms. The molecule has 1 fully saturated rings. The molecule has 0 saturated carbocycles. The van der Waals surface area contributed by atoms with E-state index in [9.17, 15) is 28.3 Å². The number of piperazine rings is 1. The second-order valence-electron chi connectivity index (χ2n) is 17.5. The van der Waals surface area contributed by atoms with E-state index < -0.39 is 17.6 Å². The number of thiazole rings is 2. The van der Waals surface area contributed by atoms with Gasteiger partial charge in [-0.25, -0.2) is 33.5 Å². The van der Waals surface area contributed by atoms with E-state index in [0.29, 0.717) is 63.1 Å². The third kappa shape index (κ3) is 10.8.